The lowest BCUT2D eigenvalue weighted by molar-refractivity contribution is -0.117. The summed E-state index contributed by atoms with van der Waals surface area (Å²) < 4.78 is 1.86. The minimum atomic E-state index is 0.124. The lowest BCUT2D eigenvalue weighted by atomic mass is 9.99. The van der Waals surface area contributed by atoms with Gasteiger partial charge in [-0.05, 0) is 61.7 Å². The molecule has 172 valence electrons. The lowest BCUT2D eigenvalue weighted by Crippen LogP contribution is -2.40. The van der Waals surface area contributed by atoms with Gasteiger partial charge in [-0.1, -0.05) is 12.1 Å². The van der Waals surface area contributed by atoms with Gasteiger partial charge in [0.2, 0.25) is 5.91 Å². The monoisotopic (exact) mass is 446 g/mol. The van der Waals surface area contributed by atoms with E-state index in [4.69, 9.17) is 4.98 Å². The Morgan fingerprint density at radius 1 is 1.18 bits per heavy atom. The number of aliphatic hydroxyl groups is 1. The first kappa shape index (κ1) is 21.8. The van der Waals surface area contributed by atoms with Gasteiger partial charge >= 0.3 is 0 Å². The molecule has 1 atom stereocenters. The van der Waals surface area contributed by atoms with Gasteiger partial charge in [0, 0.05) is 49.6 Å². The number of carbonyl (C=O) groups is 1. The highest BCUT2D eigenvalue weighted by atomic mass is 16.3. The second-order valence-corrected chi connectivity index (χ2v) is 9.23. The minimum Gasteiger partial charge on any atom is -0.396 e. The number of nitrogens with one attached hydrogen (secondary N) is 2. The maximum atomic E-state index is 12.0. The van der Waals surface area contributed by atoms with Crippen LogP contribution in [0.3, 0.4) is 0 Å². The number of anilines is 3. The first-order chi connectivity index (χ1) is 16.1. The molecular formula is C24H31BN6O2. The third-order valence-electron chi connectivity index (χ3n) is 6.66. The zero-order valence-electron chi connectivity index (χ0n) is 19.1. The number of amides is 1. The molecule has 8 nitrogen and oxygen atoms in total. The van der Waals surface area contributed by atoms with Crippen molar-refractivity contribution in [3.8, 4) is 0 Å². The molecular weight excluding hydrogens is 415 g/mol. The number of piperidine rings is 1. The van der Waals surface area contributed by atoms with Gasteiger partial charge in [-0.25, -0.2) is 4.98 Å². The SMILES string of the molecule is Bc1cnn2c(NCc3ccc(NC(=O)C4CC4)cc3)cc(N3CCCC[C@H]3CCO)nc12. The van der Waals surface area contributed by atoms with Crippen molar-refractivity contribution < 1.29 is 9.90 Å². The van der Waals surface area contributed by atoms with Crippen LogP contribution in [0, 0.1) is 5.92 Å². The van der Waals surface area contributed by atoms with Crippen molar-refractivity contribution >= 4 is 42.2 Å². The molecule has 1 saturated heterocycles. The molecule has 0 spiro atoms. The second-order valence-electron chi connectivity index (χ2n) is 9.23. The van der Waals surface area contributed by atoms with Gasteiger partial charge in [-0.2, -0.15) is 9.61 Å². The summed E-state index contributed by atoms with van der Waals surface area (Å²) in [5.41, 5.74) is 3.84. The van der Waals surface area contributed by atoms with Crippen molar-refractivity contribution in [2.45, 2.75) is 51.1 Å². The topological polar surface area (TPSA) is 94.8 Å². The van der Waals surface area contributed by atoms with Crippen LogP contribution < -0.4 is 21.0 Å². The average Bonchev–Trinajstić information content (AvgIpc) is 3.62. The Bertz CT molecular complexity index is 1130. The van der Waals surface area contributed by atoms with Crippen LogP contribution in [-0.2, 0) is 11.3 Å². The largest absolute Gasteiger partial charge is 0.396 e. The van der Waals surface area contributed by atoms with Gasteiger partial charge in [0.15, 0.2) is 5.65 Å². The Balaban J connectivity index is 1.34. The van der Waals surface area contributed by atoms with E-state index < -0.39 is 0 Å². The normalized spacial score (nSPS) is 18.5. The molecule has 3 heterocycles. The van der Waals surface area contributed by atoms with Crippen molar-refractivity contribution in [2.24, 2.45) is 5.92 Å². The standard InChI is InChI=1S/C24H31BN6O2/c25-20-15-27-31-21(13-22(29-23(20)31)30-11-2-1-3-19(30)10-12-32)26-14-16-4-8-18(9-5-16)28-24(33)17-6-7-17/h4-5,8-9,13,15,17,19,26,32H,1-3,6-7,10-12,14,25H2,(H,28,33)/t19-/m0/s1. The average molecular weight is 446 g/mol. The summed E-state index contributed by atoms with van der Waals surface area (Å²) in [6, 6.07) is 10.4. The molecule has 1 aromatic carbocycles. The molecule has 5 rings (SSSR count). The number of hydrogen-bond acceptors (Lipinski definition) is 6. The van der Waals surface area contributed by atoms with E-state index in [9.17, 15) is 9.90 Å². The van der Waals surface area contributed by atoms with Crippen LogP contribution in [0.1, 0.15) is 44.1 Å². The summed E-state index contributed by atoms with van der Waals surface area (Å²) in [7, 11) is 2.03. The highest BCUT2D eigenvalue weighted by molar-refractivity contribution is 6.36. The zero-order chi connectivity index (χ0) is 22.8. The van der Waals surface area contributed by atoms with E-state index in [-0.39, 0.29) is 18.4 Å². The van der Waals surface area contributed by atoms with Gasteiger partial charge in [-0.15, -0.1) is 0 Å². The summed E-state index contributed by atoms with van der Waals surface area (Å²) >= 11 is 0. The van der Waals surface area contributed by atoms with Crippen LogP contribution in [-0.4, -0.2) is 52.7 Å². The van der Waals surface area contributed by atoms with Crippen LogP contribution in [0.4, 0.5) is 17.3 Å². The number of benzene rings is 1. The Morgan fingerprint density at radius 3 is 2.76 bits per heavy atom. The maximum Gasteiger partial charge on any atom is 0.227 e. The van der Waals surface area contributed by atoms with E-state index in [0.29, 0.717) is 12.6 Å². The fourth-order valence-corrected chi connectivity index (χ4v) is 4.57. The number of aliphatic hydroxyl groups excluding tert-OH is 1. The smallest absolute Gasteiger partial charge is 0.227 e. The Hall–Kier alpha value is -3.07. The molecule has 1 amide bonds. The molecule has 0 bridgehead atoms. The first-order valence-corrected chi connectivity index (χ1v) is 12.0. The third kappa shape index (κ3) is 4.83. The molecule has 33 heavy (non-hydrogen) atoms. The Kier molecular flexibility index (Phi) is 6.22. The van der Waals surface area contributed by atoms with Gasteiger partial charge in [0.1, 0.15) is 19.5 Å². The molecule has 2 aromatic heterocycles. The van der Waals surface area contributed by atoms with Crippen LogP contribution >= 0.6 is 0 Å². The van der Waals surface area contributed by atoms with Crippen LogP contribution in [0.15, 0.2) is 36.5 Å². The van der Waals surface area contributed by atoms with E-state index in [1.807, 2.05) is 42.8 Å². The second kappa shape index (κ2) is 9.43. The van der Waals surface area contributed by atoms with E-state index in [1.54, 1.807) is 0 Å². The van der Waals surface area contributed by atoms with E-state index >= 15 is 0 Å². The highest BCUT2D eigenvalue weighted by Crippen LogP contribution is 2.30. The van der Waals surface area contributed by atoms with Crippen molar-refractivity contribution in [3.63, 3.8) is 0 Å². The number of aromatic nitrogens is 3. The van der Waals surface area contributed by atoms with Crippen molar-refractivity contribution in [2.75, 3.05) is 28.7 Å². The lowest BCUT2D eigenvalue weighted by Gasteiger charge is -2.36. The fraction of sp³-hybridized carbons (Fsp3) is 0.458. The molecule has 1 aliphatic carbocycles. The van der Waals surface area contributed by atoms with Crippen molar-refractivity contribution in [1.29, 1.82) is 0 Å². The van der Waals surface area contributed by atoms with Gasteiger partial charge in [-0.3, -0.25) is 4.79 Å². The van der Waals surface area contributed by atoms with E-state index in [0.717, 1.165) is 72.6 Å². The molecule has 3 N–H and O–H groups in total. The number of hydrogen-bond donors (Lipinski definition) is 3. The molecule has 9 heteroatoms. The summed E-state index contributed by atoms with van der Waals surface area (Å²) in [4.78, 5) is 19.2. The molecule has 0 unspecified atom stereocenters. The Morgan fingerprint density at radius 2 is 2.00 bits per heavy atom. The third-order valence-corrected chi connectivity index (χ3v) is 6.66. The first-order valence-electron chi connectivity index (χ1n) is 12.0. The summed E-state index contributed by atoms with van der Waals surface area (Å²) in [5, 5.41) is 20.6. The number of nitrogens with zero attached hydrogens (tertiary/aromatic N) is 4. The van der Waals surface area contributed by atoms with E-state index in [1.165, 1.54) is 6.42 Å². The summed E-state index contributed by atoms with van der Waals surface area (Å²) in [5.74, 6) is 2.15. The maximum absolute atomic E-state index is 12.0. The minimum absolute atomic E-state index is 0.124. The van der Waals surface area contributed by atoms with Gasteiger partial charge in [0.25, 0.3) is 0 Å². The van der Waals surface area contributed by atoms with Crippen LogP contribution in [0.25, 0.3) is 5.65 Å². The molecule has 0 radical (unpaired) electrons. The number of carbonyl (C=O) groups excluding carboxylic acids is 1. The predicted octanol–water partition coefficient (Wildman–Crippen LogP) is 1.69. The molecule has 2 aliphatic rings. The summed E-state index contributed by atoms with van der Waals surface area (Å²) in [6.07, 6.45) is 8.02. The zero-order valence-corrected chi connectivity index (χ0v) is 19.1. The molecule has 3 aromatic rings. The molecule has 2 fully saturated rings. The van der Waals surface area contributed by atoms with Gasteiger partial charge in [0.05, 0.1) is 0 Å². The van der Waals surface area contributed by atoms with E-state index in [2.05, 4.69) is 26.7 Å². The quantitative estimate of drug-likeness (QED) is 0.456. The summed E-state index contributed by atoms with van der Waals surface area (Å²) in [6.45, 7) is 1.78. The predicted molar refractivity (Wildman–Crippen MR) is 133 cm³/mol. The van der Waals surface area contributed by atoms with Crippen LogP contribution in [0.2, 0.25) is 0 Å². The Labute approximate surface area is 194 Å². The fourth-order valence-electron chi connectivity index (χ4n) is 4.57. The van der Waals surface area contributed by atoms with Crippen molar-refractivity contribution in [1.82, 2.24) is 14.6 Å². The molecule has 1 saturated carbocycles. The van der Waals surface area contributed by atoms with Gasteiger partial charge < -0.3 is 20.6 Å². The van der Waals surface area contributed by atoms with Crippen LogP contribution in [0.5, 0.6) is 0 Å². The highest BCUT2D eigenvalue weighted by Gasteiger charge is 2.29. The number of fused-ring (bicyclic) bond motifs is 1. The van der Waals surface area contributed by atoms with Crippen molar-refractivity contribution in [3.05, 3.63) is 42.1 Å². The molecule has 1 aliphatic heterocycles. The number of rotatable bonds is 8.